The van der Waals surface area contributed by atoms with Gasteiger partial charge in [0.2, 0.25) is 11.8 Å². The number of oxazole rings is 1. The second kappa shape index (κ2) is 11.3. The van der Waals surface area contributed by atoms with Gasteiger partial charge in [-0.25, -0.2) is 4.98 Å². The second-order valence-electron chi connectivity index (χ2n) is 9.46. The van der Waals surface area contributed by atoms with Crippen LogP contribution in [0.15, 0.2) is 22.6 Å². The fourth-order valence-electron chi connectivity index (χ4n) is 4.80. The van der Waals surface area contributed by atoms with Crippen molar-refractivity contribution >= 4 is 22.9 Å². The van der Waals surface area contributed by atoms with Gasteiger partial charge in [-0.1, -0.05) is 31.5 Å². The molecule has 1 N–H and O–H groups in total. The van der Waals surface area contributed by atoms with Crippen molar-refractivity contribution < 1.29 is 45.1 Å². The third kappa shape index (κ3) is 6.90. The van der Waals surface area contributed by atoms with Crippen LogP contribution in [0.5, 0.6) is 0 Å². The number of thioether (sulfide) groups is 1. The molecule has 1 aromatic carbocycles. The number of aryl methyl sites for hydroxylation is 1. The summed E-state index contributed by atoms with van der Waals surface area (Å²) >= 11 is 1.01. The highest BCUT2D eigenvalue weighted by Gasteiger charge is 2.38. The molecule has 0 bridgehead atoms. The van der Waals surface area contributed by atoms with Gasteiger partial charge >= 0.3 is 12.4 Å². The summed E-state index contributed by atoms with van der Waals surface area (Å²) in [6.45, 7) is 1.74. The number of nitrogens with one attached hydrogen (secondary N) is 1. The largest absolute Gasteiger partial charge is 0.441 e. The predicted octanol–water partition coefficient (Wildman–Crippen LogP) is 7.15. The fourth-order valence-corrected chi connectivity index (χ4v) is 5.63. The summed E-state index contributed by atoms with van der Waals surface area (Å²) in [6.07, 6.45) is -4.98. The monoisotopic (exact) mass is 564 g/mol. The summed E-state index contributed by atoms with van der Waals surface area (Å²) in [7, 11) is 0. The second-order valence-corrected chi connectivity index (χ2v) is 10.6. The molecule has 208 valence electrons. The smallest absolute Gasteiger partial charge is 0.416 e. The molecule has 1 aliphatic carbocycles. The lowest BCUT2D eigenvalue weighted by Crippen LogP contribution is -2.26. The van der Waals surface area contributed by atoms with E-state index in [-0.39, 0.29) is 41.1 Å². The SMILES string of the molecule is CCc1oc(-c2cc(C(F)(F)F)cc(C(F)(F)F)c2)nc1CO[C@@H]1CCC[C@H](CCC2SC(=O)NC2=O)C1. The maximum absolute atomic E-state index is 13.3. The number of carbonyl (C=O) groups is 2. The number of hydrogen-bond acceptors (Lipinski definition) is 6. The lowest BCUT2D eigenvalue weighted by atomic mass is 9.84. The van der Waals surface area contributed by atoms with Crippen LogP contribution < -0.4 is 5.32 Å². The Hall–Kier alpha value is -2.54. The predicted molar refractivity (Wildman–Crippen MR) is 126 cm³/mol. The molecule has 1 aliphatic heterocycles. The molecule has 4 rings (SSSR count). The van der Waals surface area contributed by atoms with E-state index in [2.05, 4.69) is 10.3 Å². The Balaban J connectivity index is 1.43. The van der Waals surface area contributed by atoms with Crippen molar-refractivity contribution in [2.45, 2.75) is 82.2 Å². The molecule has 2 aromatic rings. The van der Waals surface area contributed by atoms with E-state index in [9.17, 15) is 35.9 Å². The van der Waals surface area contributed by atoms with Crippen molar-refractivity contribution in [3.8, 4) is 11.5 Å². The highest BCUT2D eigenvalue weighted by molar-refractivity contribution is 8.15. The number of carbonyl (C=O) groups excluding carboxylic acids is 2. The minimum absolute atomic E-state index is 0.00450. The number of amides is 2. The number of nitrogens with zero attached hydrogens (tertiary/aromatic N) is 1. The van der Waals surface area contributed by atoms with Gasteiger partial charge in [-0.3, -0.25) is 14.9 Å². The van der Waals surface area contributed by atoms with E-state index in [4.69, 9.17) is 9.15 Å². The molecule has 1 aromatic heterocycles. The number of benzene rings is 1. The zero-order valence-electron chi connectivity index (χ0n) is 20.4. The van der Waals surface area contributed by atoms with Gasteiger partial charge in [0.25, 0.3) is 5.24 Å². The van der Waals surface area contributed by atoms with Gasteiger partial charge in [-0.15, -0.1) is 0 Å². The van der Waals surface area contributed by atoms with Crippen molar-refractivity contribution in [3.63, 3.8) is 0 Å². The Morgan fingerprint density at radius 1 is 1.05 bits per heavy atom. The van der Waals surface area contributed by atoms with Crippen molar-refractivity contribution in [2.24, 2.45) is 5.92 Å². The van der Waals surface area contributed by atoms with E-state index >= 15 is 0 Å². The van der Waals surface area contributed by atoms with Gasteiger partial charge in [0.1, 0.15) is 11.5 Å². The molecule has 2 aliphatic rings. The van der Waals surface area contributed by atoms with Gasteiger partial charge in [0.05, 0.1) is 29.1 Å². The van der Waals surface area contributed by atoms with Gasteiger partial charge in [0, 0.05) is 12.0 Å². The first-order chi connectivity index (χ1) is 17.8. The maximum Gasteiger partial charge on any atom is 0.416 e. The lowest BCUT2D eigenvalue weighted by molar-refractivity contribution is -0.143. The summed E-state index contributed by atoms with van der Waals surface area (Å²) in [4.78, 5) is 27.3. The molecule has 1 saturated heterocycles. The first-order valence-corrected chi connectivity index (χ1v) is 13.1. The fraction of sp³-hybridized carbons (Fsp3) is 0.560. The van der Waals surface area contributed by atoms with Crippen molar-refractivity contribution in [3.05, 3.63) is 40.8 Å². The van der Waals surface area contributed by atoms with Gasteiger partial charge in [-0.05, 0) is 49.8 Å². The van der Waals surface area contributed by atoms with Crippen LogP contribution in [0.2, 0.25) is 0 Å². The molecule has 2 amide bonds. The highest BCUT2D eigenvalue weighted by atomic mass is 32.2. The standard InChI is InChI=1S/C25H26F6N2O4S/c1-2-19-18(12-36-17-5-3-4-13(8-17)6-7-20-21(34)33-23(35)38-20)32-22(37-19)14-9-15(24(26,27)28)11-16(10-14)25(29,30)31/h9-11,13,17,20H,2-8,12H2,1H3,(H,33,34,35)/t13-,17-,20?/m1/s1. The molecule has 0 spiro atoms. The van der Waals surface area contributed by atoms with Crippen LogP contribution in [0.1, 0.15) is 68.0 Å². The number of halogens is 6. The van der Waals surface area contributed by atoms with Crippen LogP contribution >= 0.6 is 11.8 Å². The van der Waals surface area contributed by atoms with Crippen molar-refractivity contribution in [1.82, 2.24) is 10.3 Å². The Bertz CT molecular complexity index is 1150. The number of hydrogen-bond donors (Lipinski definition) is 1. The van der Waals surface area contributed by atoms with Crippen LogP contribution in [-0.4, -0.2) is 27.5 Å². The Kier molecular flexibility index (Phi) is 8.46. The highest BCUT2D eigenvalue weighted by Crippen LogP contribution is 2.39. The summed E-state index contributed by atoms with van der Waals surface area (Å²) in [5.74, 6) is 0.0376. The molecule has 1 saturated carbocycles. The molecule has 2 fully saturated rings. The van der Waals surface area contributed by atoms with Crippen molar-refractivity contribution in [2.75, 3.05) is 0 Å². The normalized spacial score (nSPS) is 22.7. The number of aromatic nitrogens is 1. The zero-order valence-corrected chi connectivity index (χ0v) is 21.2. The molecule has 1 unspecified atom stereocenters. The van der Waals surface area contributed by atoms with E-state index in [1.165, 1.54) is 0 Å². The summed E-state index contributed by atoms with van der Waals surface area (Å²) in [5, 5.41) is 1.57. The number of rotatable bonds is 8. The van der Waals surface area contributed by atoms with Crippen LogP contribution in [0.25, 0.3) is 11.5 Å². The molecular weight excluding hydrogens is 538 g/mol. The van der Waals surface area contributed by atoms with E-state index in [1.54, 1.807) is 6.92 Å². The number of imide groups is 1. The van der Waals surface area contributed by atoms with Crippen LogP contribution in [0.4, 0.5) is 31.1 Å². The van der Waals surface area contributed by atoms with Crippen LogP contribution in [0.3, 0.4) is 0 Å². The minimum atomic E-state index is -4.98. The topological polar surface area (TPSA) is 81.4 Å². The van der Waals surface area contributed by atoms with E-state index in [1.807, 2.05) is 0 Å². The average molecular weight is 565 g/mol. The minimum Gasteiger partial charge on any atom is -0.441 e. The zero-order chi connectivity index (χ0) is 27.7. The molecule has 3 atom stereocenters. The third-order valence-electron chi connectivity index (χ3n) is 6.73. The van der Waals surface area contributed by atoms with Gasteiger partial charge in [0.15, 0.2) is 0 Å². The van der Waals surface area contributed by atoms with Gasteiger partial charge < -0.3 is 9.15 Å². The van der Waals surface area contributed by atoms with Crippen LogP contribution in [-0.2, 0) is 34.9 Å². The van der Waals surface area contributed by atoms with E-state index < -0.39 is 29.0 Å². The van der Waals surface area contributed by atoms with E-state index in [0.29, 0.717) is 42.3 Å². The lowest BCUT2D eigenvalue weighted by Gasteiger charge is -2.29. The third-order valence-corrected chi connectivity index (χ3v) is 7.78. The molecular formula is C25H26F6N2O4S. The molecule has 13 heteroatoms. The summed E-state index contributed by atoms with van der Waals surface area (Å²) in [6, 6.07) is 1.24. The Morgan fingerprint density at radius 2 is 1.74 bits per heavy atom. The Morgan fingerprint density at radius 3 is 2.32 bits per heavy atom. The Labute approximate surface area is 218 Å². The molecule has 38 heavy (non-hydrogen) atoms. The molecule has 2 heterocycles. The first kappa shape index (κ1) is 28.5. The average Bonchev–Trinajstić information content (AvgIpc) is 3.42. The summed E-state index contributed by atoms with van der Waals surface area (Å²) in [5.41, 5.74) is -2.98. The molecule has 0 radical (unpaired) electrons. The maximum atomic E-state index is 13.3. The quantitative estimate of drug-likeness (QED) is 0.343. The summed E-state index contributed by atoms with van der Waals surface area (Å²) < 4.78 is 91.2. The number of ether oxygens (including phenoxy) is 1. The van der Waals surface area contributed by atoms with Crippen LogP contribution in [0, 0.1) is 5.92 Å². The first-order valence-electron chi connectivity index (χ1n) is 12.2. The van der Waals surface area contributed by atoms with E-state index in [0.717, 1.165) is 43.9 Å². The number of alkyl halides is 6. The van der Waals surface area contributed by atoms with Gasteiger partial charge in [-0.2, -0.15) is 26.3 Å². The molecule has 6 nitrogen and oxygen atoms in total. The van der Waals surface area contributed by atoms with Crippen molar-refractivity contribution in [1.29, 1.82) is 0 Å².